The summed E-state index contributed by atoms with van der Waals surface area (Å²) in [5, 5.41) is 7.32. The lowest BCUT2D eigenvalue weighted by molar-refractivity contribution is -0.125. The molecule has 6 nitrogen and oxygen atoms in total. The van der Waals surface area contributed by atoms with E-state index in [0.717, 1.165) is 24.4 Å². The fourth-order valence-corrected chi connectivity index (χ4v) is 2.77. The van der Waals surface area contributed by atoms with Crippen molar-refractivity contribution in [2.75, 3.05) is 25.0 Å². The molecule has 0 aromatic carbocycles. The summed E-state index contributed by atoms with van der Waals surface area (Å²) in [5.74, 6) is 1.76. The summed E-state index contributed by atoms with van der Waals surface area (Å²) in [7, 11) is 1.68. The molecule has 1 aliphatic carbocycles. The molecule has 0 bridgehead atoms. The third-order valence-electron chi connectivity index (χ3n) is 4.18. The molecule has 1 N–H and O–H groups in total. The monoisotopic (exact) mass is 271 g/mol. The van der Waals surface area contributed by atoms with Crippen LogP contribution in [0.4, 0.5) is 5.82 Å². The predicted molar refractivity (Wildman–Crippen MR) is 74.7 cm³/mol. The van der Waals surface area contributed by atoms with E-state index in [1.54, 1.807) is 13.2 Å². The van der Waals surface area contributed by atoms with Crippen molar-refractivity contribution in [3.63, 3.8) is 0 Å². The molecular weight excluding hydrogens is 254 g/mol. The molecule has 0 unspecified atom stereocenters. The highest BCUT2D eigenvalue weighted by molar-refractivity contribution is 5.82. The molecule has 2 aromatic rings. The number of rotatable bonds is 3. The Balaban J connectivity index is 1.62. The lowest BCUT2D eigenvalue weighted by atomic mass is 9.99. The normalized spacial score (nSPS) is 19.1. The molecule has 1 saturated heterocycles. The Morgan fingerprint density at radius 1 is 1.40 bits per heavy atom. The van der Waals surface area contributed by atoms with E-state index in [0.29, 0.717) is 5.92 Å². The van der Waals surface area contributed by atoms with Crippen LogP contribution in [0.15, 0.2) is 18.5 Å². The topological polar surface area (TPSA) is 62.5 Å². The quantitative estimate of drug-likeness (QED) is 0.896. The molecule has 1 amide bonds. The number of nitrogens with one attached hydrogen (secondary N) is 1. The molecule has 2 fully saturated rings. The van der Waals surface area contributed by atoms with Gasteiger partial charge in [-0.3, -0.25) is 4.79 Å². The molecular formula is C14H17N5O. The van der Waals surface area contributed by atoms with Crippen LogP contribution in [0.3, 0.4) is 0 Å². The largest absolute Gasteiger partial charge is 0.359 e. The first-order chi connectivity index (χ1) is 9.76. The minimum atomic E-state index is 0.0767. The molecule has 2 aliphatic rings. The Kier molecular flexibility index (Phi) is 2.45. The van der Waals surface area contributed by atoms with Crippen LogP contribution >= 0.6 is 0 Å². The standard InChI is InChI=1S/C14H17N5O/c1-15-14(20)10-7-18(8-10)13-12-6-11(9-2-3-9)17-19(12)5-4-16-13/h4-6,9-10H,2-3,7-8H2,1H3,(H,15,20). The first-order valence-electron chi connectivity index (χ1n) is 7.07. The van der Waals surface area contributed by atoms with Crippen molar-refractivity contribution in [1.82, 2.24) is 19.9 Å². The number of fused-ring (bicyclic) bond motifs is 1. The predicted octanol–water partition coefficient (Wildman–Crippen LogP) is 0.789. The van der Waals surface area contributed by atoms with E-state index in [1.165, 1.54) is 18.5 Å². The van der Waals surface area contributed by atoms with Crippen LogP contribution in [0.25, 0.3) is 5.52 Å². The smallest absolute Gasteiger partial charge is 0.226 e. The Morgan fingerprint density at radius 2 is 2.20 bits per heavy atom. The molecule has 6 heteroatoms. The van der Waals surface area contributed by atoms with Gasteiger partial charge >= 0.3 is 0 Å². The van der Waals surface area contributed by atoms with Gasteiger partial charge in [0, 0.05) is 38.4 Å². The summed E-state index contributed by atoms with van der Waals surface area (Å²) in [5.41, 5.74) is 2.22. The fraction of sp³-hybridized carbons (Fsp3) is 0.500. The summed E-state index contributed by atoms with van der Waals surface area (Å²) in [6.45, 7) is 1.46. The van der Waals surface area contributed by atoms with Gasteiger partial charge in [0.15, 0.2) is 5.82 Å². The number of amides is 1. The molecule has 0 radical (unpaired) electrons. The third-order valence-corrected chi connectivity index (χ3v) is 4.18. The molecule has 4 rings (SSSR count). The van der Waals surface area contributed by atoms with Crippen molar-refractivity contribution >= 4 is 17.2 Å². The van der Waals surface area contributed by atoms with Crippen molar-refractivity contribution in [2.24, 2.45) is 5.92 Å². The Hall–Kier alpha value is -2.11. The van der Waals surface area contributed by atoms with Gasteiger partial charge < -0.3 is 10.2 Å². The Morgan fingerprint density at radius 3 is 2.90 bits per heavy atom. The summed E-state index contributed by atoms with van der Waals surface area (Å²) in [4.78, 5) is 18.2. The second-order valence-electron chi connectivity index (χ2n) is 5.64. The summed E-state index contributed by atoms with van der Waals surface area (Å²) < 4.78 is 1.91. The average molecular weight is 271 g/mol. The molecule has 3 heterocycles. The molecule has 2 aromatic heterocycles. The van der Waals surface area contributed by atoms with Crippen LogP contribution in [0.2, 0.25) is 0 Å². The number of hydrogen-bond donors (Lipinski definition) is 1. The van der Waals surface area contributed by atoms with Gasteiger partial charge in [-0.05, 0) is 18.9 Å². The van der Waals surface area contributed by atoms with E-state index in [4.69, 9.17) is 0 Å². The number of aromatic nitrogens is 3. The van der Waals surface area contributed by atoms with E-state index >= 15 is 0 Å². The summed E-state index contributed by atoms with van der Waals surface area (Å²) >= 11 is 0. The lowest BCUT2D eigenvalue weighted by Crippen LogP contribution is -2.53. The number of nitrogens with zero attached hydrogens (tertiary/aromatic N) is 4. The number of carbonyl (C=O) groups excluding carboxylic acids is 1. The number of carbonyl (C=O) groups is 1. The van der Waals surface area contributed by atoms with Gasteiger partial charge in [0.1, 0.15) is 5.52 Å². The van der Waals surface area contributed by atoms with Crippen LogP contribution in [-0.2, 0) is 4.79 Å². The first-order valence-corrected chi connectivity index (χ1v) is 7.07. The van der Waals surface area contributed by atoms with Gasteiger partial charge in [0.2, 0.25) is 5.91 Å². The van der Waals surface area contributed by atoms with Crippen molar-refractivity contribution in [1.29, 1.82) is 0 Å². The van der Waals surface area contributed by atoms with Crippen molar-refractivity contribution < 1.29 is 4.79 Å². The van der Waals surface area contributed by atoms with E-state index in [2.05, 4.69) is 26.4 Å². The highest BCUT2D eigenvalue weighted by Crippen LogP contribution is 2.40. The highest BCUT2D eigenvalue weighted by Gasteiger charge is 2.34. The minimum Gasteiger partial charge on any atom is -0.359 e. The third kappa shape index (κ3) is 1.75. The maximum Gasteiger partial charge on any atom is 0.226 e. The lowest BCUT2D eigenvalue weighted by Gasteiger charge is -2.38. The van der Waals surface area contributed by atoms with Gasteiger partial charge in [-0.15, -0.1) is 0 Å². The van der Waals surface area contributed by atoms with Gasteiger partial charge in [-0.25, -0.2) is 9.50 Å². The van der Waals surface area contributed by atoms with E-state index in [1.807, 2.05) is 10.7 Å². The highest BCUT2D eigenvalue weighted by atomic mass is 16.1. The number of anilines is 1. The maximum atomic E-state index is 11.6. The van der Waals surface area contributed by atoms with Gasteiger partial charge in [-0.1, -0.05) is 0 Å². The van der Waals surface area contributed by atoms with Crippen molar-refractivity contribution in [2.45, 2.75) is 18.8 Å². The van der Waals surface area contributed by atoms with Gasteiger partial charge in [0.25, 0.3) is 0 Å². The zero-order valence-corrected chi connectivity index (χ0v) is 11.4. The minimum absolute atomic E-state index is 0.0767. The van der Waals surface area contributed by atoms with Crippen LogP contribution < -0.4 is 10.2 Å². The van der Waals surface area contributed by atoms with E-state index in [-0.39, 0.29) is 11.8 Å². The zero-order valence-electron chi connectivity index (χ0n) is 11.4. The maximum absolute atomic E-state index is 11.6. The SMILES string of the molecule is CNC(=O)C1CN(c2nccn3nc(C4CC4)cc23)C1. The summed E-state index contributed by atoms with van der Waals surface area (Å²) in [6, 6.07) is 2.15. The molecule has 0 spiro atoms. The van der Waals surface area contributed by atoms with E-state index in [9.17, 15) is 4.79 Å². The molecule has 20 heavy (non-hydrogen) atoms. The molecule has 104 valence electrons. The Labute approximate surface area is 116 Å². The first kappa shape index (κ1) is 11.7. The van der Waals surface area contributed by atoms with Gasteiger partial charge in [0.05, 0.1) is 11.6 Å². The van der Waals surface area contributed by atoms with Crippen molar-refractivity contribution in [3.8, 4) is 0 Å². The second kappa shape index (κ2) is 4.19. The number of hydrogen-bond acceptors (Lipinski definition) is 4. The van der Waals surface area contributed by atoms with Crippen molar-refractivity contribution in [3.05, 3.63) is 24.2 Å². The zero-order chi connectivity index (χ0) is 13.7. The summed E-state index contributed by atoms with van der Waals surface area (Å²) in [6.07, 6.45) is 6.16. The molecule has 1 aliphatic heterocycles. The van der Waals surface area contributed by atoms with Crippen LogP contribution in [0, 0.1) is 5.92 Å². The average Bonchev–Trinajstić information content (AvgIpc) is 3.16. The second-order valence-corrected chi connectivity index (χ2v) is 5.64. The van der Waals surface area contributed by atoms with Crippen LogP contribution in [-0.4, -0.2) is 40.6 Å². The Bertz CT molecular complexity index is 669. The van der Waals surface area contributed by atoms with Crippen LogP contribution in [0.1, 0.15) is 24.5 Å². The van der Waals surface area contributed by atoms with Gasteiger partial charge in [-0.2, -0.15) is 5.10 Å². The molecule has 0 atom stereocenters. The van der Waals surface area contributed by atoms with E-state index < -0.39 is 0 Å². The molecule has 1 saturated carbocycles. The van der Waals surface area contributed by atoms with Crippen LogP contribution in [0.5, 0.6) is 0 Å². The fourth-order valence-electron chi connectivity index (χ4n) is 2.77.